The first-order chi connectivity index (χ1) is 19.5. The average Bonchev–Trinajstić information content (AvgIpc) is 2.97. The number of hydrogen-bond acceptors (Lipinski definition) is 8. The van der Waals surface area contributed by atoms with E-state index in [1.807, 2.05) is 25.1 Å². The van der Waals surface area contributed by atoms with Gasteiger partial charge in [-0.15, -0.1) is 11.8 Å². The summed E-state index contributed by atoms with van der Waals surface area (Å²) in [6.07, 6.45) is 8.16. The molecule has 2 aliphatic heterocycles. The molecule has 0 radical (unpaired) electrons. The van der Waals surface area contributed by atoms with Gasteiger partial charge in [-0.25, -0.2) is 4.98 Å². The van der Waals surface area contributed by atoms with Gasteiger partial charge in [0.2, 0.25) is 5.95 Å². The molecule has 3 heterocycles. The van der Waals surface area contributed by atoms with Crippen LogP contribution in [-0.4, -0.2) is 58.9 Å². The van der Waals surface area contributed by atoms with Crippen LogP contribution in [0.15, 0.2) is 53.6 Å². The van der Waals surface area contributed by atoms with Gasteiger partial charge in [-0.05, 0) is 70.0 Å². The van der Waals surface area contributed by atoms with Crippen LogP contribution in [0.25, 0.3) is 0 Å². The van der Waals surface area contributed by atoms with Gasteiger partial charge in [0.1, 0.15) is 10.8 Å². The van der Waals surface area contributed by atoms with Gasteiger partial charge < -0.3 is 25.2 Å². The number of para-hydroxylation sites is 1. The smallest absolute Gasteiger partial charge is 0.229 e. The minimum Gasteiger partial charge on any atom is -0.492 e. The summed E-state index contributed by atoms with van der Waals surface area (Å²) in [5.41, 5.74) is 3.00. The minimum atomic E-state index is 0.456. The van der Waals surface area contributed by atoms with Crippen molar-refractivity contribution in [1.82, 2.24) is 14.9 Å². The van der Waals surface area contributed by atoms with Crippen LogP contribution in [0.3, 0.4) is 0 Å². The van der Waals surface area contributed by atoms with Gasteiger partial charge >= 0.3 is 0 Å². The number of aromatic nitrogens is 2. The summed E-state index contributed by atoms with van der Waals surface area (Å²) < 4.78 is 6.06. The quantitative estimate of drug-likeness (QED) is 0.234. The summed E-state index contributed by atoms with van der Waals surface area (Å²) in [4.78, 5) is 15.5. The van der Waals surface area contributed by atoms with E-state index in [-0.39, 0.29) is 0 Å². The molecule has 0 unspecified atom stereocenters. The number of nitrogens with zero attached hydrogens (tertiary/aromatic N) is 4. The highest BCUT2D eigenvalue weighted by molar-refractivity contribution is 8.00. The van der Waals surface area contributed by atoms with E-state index in [9.17, 15) is 0 Å². The molecule has 40 heavy (non-hydrogen) atoms. The Kier molecular flexibility index (Phi) is 9.94. The summed E-state index contributed by atoms with van der Waals surface area (Å²) in [6, 6.07) is 15.3. The Balaban J connectivity index is 1.29. The highest BCUT2D eigenvalue weighted by atomic mass is 35.5. The van der Waals surface area contributed by atoms with Gasteiger partial charge in [-0.3, -0.25) is 0 Å². The lowest BCUT2D eigenvalue weighted by atomic mass is 9.99. The number of benzene rings is 2. The number of likely N-dealkylation sites (tertiary alicyclic amines) is 1. The van der Waals surface area contributed by atoms with Gasteiger partial charge in [0.25, 0.3) is 0 Å². The molecule has 2 N–H and O–H groups in total. The molecule has 9 heteroatoms. The second-order valence-corrected chi connectivity index (χ2v) is 12.8. The lowest BCUT2D eigenvalue weighted by molar-refractivity contribution is 0.141. The normalized spacial score (nSPS) is 16.8. The van der Waals surface area contributed by atoms with Gasteiger partial charge in [-0.2, -0.15) is 4.98 Å². The molecule has 2 aliphatic rings. The van der Waals surface area contributed by atoms with E-state index >= 15 is 0 Å². The second-order valence-electron chi connectivity index (χ2n) is 10.7. The molecule has 1 aromatic heterocycles. The molecular weight excluding hydrogens is 540 g/mol. The van der Waals surface area contributed by atoms with Crippen LogP contribution >= 0.6 is 23.4 Å². The molecule has 2 saturated heterocycles. The number of piperidine rings is 2. The highest BCUT2D eigenvalue weighted by Gasteiger charge is 2.26. The SMILES string of the molecule is CCOc1cc(N2CCC(N3CCCCC3)CC2)ccc1Nc1ncc(Cl)c(Nc2ccccc2SC(C)C)n1. The zero-order chi connectivity index (χ0) is 27.9. The lowest BCUT2D eigenvalue weighted by Crippen LogP contribution is -2.46. The Hall–Kier alpha value is -2.68. The summed E-state index contributed by atoms with van der Waals surface area (Å²) in [5.74, 6) is 1.81. The Labute approximate surface area is 248 Å². The van der Waals surface area contributed by atoms with Gasteiger partial charge in [0.05, 0.1) is 24.2 Å². The number of rotatable bonds is 10. The maximum absolute atomic E-state index is 6.50. The van der Waals surface area contributed by atoms with E-state index in [0.717, 1.165) is 41.2 Å². The van der Waals surface area contributed by atoms with Crippen LogP contribution in [-0.2, 0) is 0 Å². The number of ether oxygens (including phenoxy) is 1. The molecule has 3 aromatic rings. The van der Waals surface area contributed by atoms with E-state index in [4.69, 9.17) is 21.3 Å². The zero-order valence-electron chi connectivity index (χ0n) is 23.8. The summed E-state index contributed by atoms with van der Waals surface area (Å²) >= 11 is 8.30. The molecule has 2 fully saturated rings. The van der Waals surface area contributed by atoms with Gasteiger partial charge in [-0.1, -0.05) is 44.0 Å². The third-order valence-electron chi connectivity index (χ3n) is 7.50. The van der Waals surface area contributed by atoms with Crippen molar-refractivity contribution in [3.05, 3.63) is 53.7 Å². The van der Waals surface area contributed by atoms with Crippen molar-refractivity contribution in [2.45, 2.75) is 69.1 Å². The molecule has 214 valence electrons. The van der Waals surface area contributed by atoms with E-state index in [0.29, 0.717) is 28.6 Å². The fourth-order valence-electron chi connectivity index (χ4n) is 5.55. The standard InChI is InChI=1S/C31H41ClN6OS/c1-4-39-28-20-24(38-18-14-23(15-19-38)37-16-8-5-9-17-37)12-13-26(28)35-31-33-21-25(32)30(36-31)34-27-10-6-7-11-29(27)40-22(2)3/h6-7,10-13,20-23H,4-5,8-9,14-19H2,1-3H3,(H2,33,34,35,36). The second kappa shape index (κ2) is 13.8. The summed E-state index contributed by atoms with van der Waals surface area (Å²) in [6.45, 7) is 11.6. The topological polar surface area (TPSA) is 65.6 Å². The monoisotopic (exact) mass is 580 g/mol. The number of hydrogen-bond donors (Lipinski definition) is 2. The van der Waals surface area contributed by atoms with Crippen molar-refractivity contribution in [2.75, 3.05) is 48.3 Å². The number of nitrogens with one attached hydrogen (secondary N) is 2. The van der Waals surface area contributed by atoms with Gasteiger partial charge in [0, 0.05) is 41.0 Å². The van der Waals surface area contributed by atoms with Crippen LogP contribution in [0.5, 0.6) is 5.75 Å². The maximum atomic E-state index is 6.50. The highest BCUT2D eigenvalue weighted by Crippen LogP contribution is 2.36. The Bertz CT molecular complexity index is 1260. The molecule has 0 amide bonds. The van der Waals surface area contributed by atoms with Crippen LogP contribution in [0.2, 0.25) is 5.02 Å². The largest absolute Gasteiger partial charge is 0.492 e. The summed E-state index contributed by atoms with van der Waals surface area (Å²) in [5, 5.41) is 7.69. The number of halogens is 1. The van der Waals surface area contributed by atoms with E-state index in [1.54, 1.807) is 18.0 Å². The Morgan fingerprint density at radius 3 is 2.52 bits per heavy atom. The van der Waals surface area contributed by atoms with Crippen LogP contribution in [0, 0.1) is 0 Å². The summed E-state index contributed by atoms with van der Waals surface area (Å²) in [7, 11) is 0. The predicted octanol–water partition coefficient (Wildman–Crippen LogP) is 7.97. The van der Waals surface area contributed by atoms with E-state index in [2.05, 4.69) is 63.5 Å². The zero-order valence-corrected chi connectivity index (χ0v) is 25.4. The molecule has 7 nitrogen and oxygen atoms in total. The average molecular weight is 581 g/mol. The van der Waals surface area contributed by atoms with Crippen molar-refractivity contribution < 1.29 is 4.74 Å². The Morgan fingerprint density at radius 2 is 1.77 bits per heavy atom. The molecule has 0 spiro atoms. The van der Waals surface area contributed by atoms with Crippen molar-refractivity contribution in [3.63, 3.8) is 0 Å². The van der Waals surface area contributed by atoms with Crippen LogP contribution in [0.4, 0.5) is 28.8 Å². The van der Waals surface area contributed by atoms with Crippen molar-refractivity contribution >= 4 is 52.2 Å². The van der Waals surface area contributed by atoms with Crippen molar-refractivity contribution in [3.8, 4) is 5.75 Å². The van der Waals surface area contributed by atoms with Crippen LogP contribution in [0.1, 0.15) is 52.9 Å². The molecule has 0 atom stereocenters. The van der Waals surface area contributed by atoms with E-state index < -0.39 is 0 Å². The predicted molar refractivity (Wildman–Crippen MR) is 169 cm³/mol. The Morgan fingerprint density at radius 1 is 1.00 bits per heavy atom. The third-order valence-corrected chi connectivity index (χ3v) is 8.85. The number of thioether (sulfide) groups is 1. The molecule has 0 aliphatic carbocycles. The fraction of sp³-hybridized carbons (Fsp3) is 0.484. The van der Waals surface area contributed by atoms with Crippen molar-refractivity contribution in [1.29, 1.82) is 0 Å². The number of anilines is 5. The minimum absolute atomic E-state index is 0.456. The molecule has 5 rings (SSSR count). The van der Waals surface area contributed by atoms with Gasteiger partial charge in [0.15, 0.2) is 5.82 Å². The fourth-order valence-corrected chi connectivity index (χ4v) is 6.60. The van der Waals surface area contributed by atoms with E-state index in [1.165, 1.54) is 50.9 Å². The first-order valence-corrected chi connectivity index (χ1v) is 15.8. The molecule has 0 saturated carbocycles. The first kappa shape index (κ1) is 28.8. The first-order valence-electron chi connectivity index (χ1n) is 14.6. The molecular formula is C31H41ClN6OS. The van der Waals surface area contributed by atoms with Crippen molar-refractivity contribution in [2.24, 2.45) is 0 Å². The lowest BCUT2D eigenvalue weighted by Gasteiger charge is -2.41. The molecule has 0 bridgehead atoms. The maximum Gasteiger partial charge on any atom is 0.229 e. The molecule has 2 aromatic carbocycles. The third kappa shape index (κ3) is 7.33. The van der Waals surface area contributed by atoms with Crippen LogP contribution < -0.4 is 20.3 Å².